The fourth-order valence-electron chi connectivity index (χ4n) is 4.05. The first-order valence-corrected chi connectivity index (χ1v) is 11.9. The Labute approximate surface area is 192 Å². The Bertz CT molecular complexity index is 1010. The first-order chi connectivity index (χ1) is 15.4. The smallest absolute Gasteiger partial charge is 0.238 e. The van der Waals surface area contributed by atoms with Crippen LogP contribution in [0.25, 0.3) is 0 Å². The minimum Gasteiger partial charge on any atom is -0.340 e. The van der Waals surface area contributed by atoms with Gasteiger partial charge in [-0.05, 0) is 37.5 Å². The van der Waals surface area contributed by atoms with Crippen LogP contribution in [0.15, 0.2) is 23.6 Å². The van der Waals surface area contributed by atoms with E-state index in [4.69, 9.17) is 0 Å². The standard InChI is InChI=1S/C23H29N5O3S/c1-16-5-3-6-19(17(16)2)25-20(29)14-26-9-11-27(12-10-26)22(31)13-18-15-32-23(24-18)28-8-4-7-21(28)30/h3,5-6,15H,4,7-14H2,1-2H3,(H,25,29). The minimum absolute atomic E-state index is 0.0362. The van der Waals surface area contributed by atoms with E-state index in [0.717, 1.165) is 23.2 Å². The highest BCUT2D eigenvalue weighted by atomic mass is 32.1. The molecule has 32 heavy (non-hydrogen) atoms. The molecule has 2 saturated heterocycles. The SMILES string of the molecule is Cc1cccc(NC(=O)CN2CCN(C(=O)Cc3csc(N4CCCC4=O)n3)CC2)c1C. The van der Waals surface area contributed by atoms with Crippen molar-refractivity contribution < 1.29 is 14.4 Å². The molecule has 4 rings (SSSR count). The number of carbonyl (C=O) groups excluding carboxylic acids is 3. The van der Waals surface area contributed by atoms with E-state index in [9.17, 15) is 14.4 Å². The second kappa shape index (κ2) is 9.79. The van der Waals surface area contributed by atoms with E-state index in [2.05, 4.69) is 15.2 Å². The molecule has 0 atom stereocenters. The van der Waals surface area contributed by atoms with Crippen LogP contribution in [0.4, 0.5) is 10.8 Å². The summed E-state index contributed by atoms with van der Waals surface area (Å²) >= 11 is 1.42. The molecule has 1 N–H and O–H groups in total. The number of thiazole rings is 1. The van der Waals surface area contributed by atoms with Gasteiger partial charge in [-0.2, -0.15) is 0 Å². The van der Waals surface area contributed by atoms with Crippen LogP contribution in [0, 0.1) is 13.8 Å². The first-order valence-electron chi connectivity index (χ1n) is 11.0. The molecule has 9 heteroatoms. The fraction of sp³-hybridized carbons (Fsp3) is 0.478. The summed E-state index contributed by atoms with van der Waals surface area (Å²) in [7, 11) is 0. The van der Waals surface area contributed by atoms with Gasteiger partial charge in [-0.25, -0.2) is 4.98 Å². The molecule has 1 aromatic carbocycles. The second-order valence-electron chi connectivity index (χ2n) is 8.40. The molecule has 0 radical (unpaired) electrons. The number of benzene rings is 1. The fourth-order valence-corrected chi connectivity index (χ4v) is 4.92. The maximum Gasteiger partial charge on any atom is 0.238 e. The lowest BCUT2D eigenvalue weighted by molar-refractivity contribution is -0.132. The molecule has 0 unspecified atom stereocenters. The van der Waals surface area contributed by atoms with Crippen LogP contribution >= 0.6 is 11.3 Å². The number of nitrogens with zero attached hydrogens (tertiary/aromatic N) is 4. The van der Waals surface area contributed by atoms with Gasteiger partial charge in [0.15, 0.2) is 5.13 Å². The Hall–Kier alpha value is -2.78. The third kappa shape index (κ3) is 5.16. The predicted molar refractivity (Wildman–Crippen MR) is 125 cm³/mol. The number of amides is 3. The highest BCUT2D eigenvalue weighted by Crippen LogP contribution is 2.25. The van der Waals surface area contributed by atoms with Gasteiger partial charge in [-0.3, -0.25) is 24.2 Å². The largest absolute Gasteiger partial charge is 0.340 e. The van der Waals surface area contributed by atoms with E-state index in [1.165, 1.54) is 11.3 Å². The quantitative estimate of drug-likeness (QED) is 0.722. The van der Waals surface area contributed by atoms with Crippen molar-refractivity contribution in [2.24, 2.45) is 0 Å². The van der Waals surface area contributed by atoms with Crippen LogP contribution in [0.5, 0.6) is 0 Å². The van der Waals surface area contributed by atoms with Crippen LogP contribution in [0.3, 0.4) is 0 Å². The molecule has 8 nitrogen and oxygen atoms in total. The predicted octanol–water partition coefficient (Wildman–Crippen LogP) is 2.21. The molecule has 0 aliphatic carbocycles. The highest BCUT2D eigenvalue weighted by Gasteiger charge is 2.26. The van der Waals surface area contributed by atoms with Gasteiger partial charge in [0.2, 0.25) is 17.7 Å². The molecule has 3 heterocycles. The summed E-state index contributed by atoms with van der Waals surface area (Å²) in [6, 6.07) is 5.89. The van der Waals surface area contributed by atoms with Gasteiger partial charge < -0.3 is 10.2 Å². The van der Waals surface area contributed by atoms with Gasteiger partial charge in [0.1, 0.15) is 0 Å². The Kier molecular flexibility index (Phi) is 6.86. The van der Waals surface area contributed by atoms with Crippen molar-refractivity contribution in [3.05, 3.63) is 40.4 Å². The molecule has 170 valence electrons. The van der Waals surface area contributed by atoms with Crippen molar-refractivity contribution >= 4 is 39.9 Å². The zero-order valence-corrected chi connectivity index (χ0v) is 19.4. The summed E-state index contributed by atoms with van der Waals surface area (Å²) in [5.41, 5.74) is 3.79. The van der Waals surface area contributed by atoms with Crippen LogP contribution in [-0.4, -0.2) is 71.8 Å². The molecular formula is C23H29N5O3S. The maximum atomic E-state index is 12.7. The lowest BCUT2D eigenvalue weighted by Crippen LogP contribution is -2.50. The number of aromatic nitrogens is 1. The van der Waals surface area contributed by atoms with E-state index < -0.39 is 0 Å². The number of nitrogens with one attached hydrogen (secondary N) is 1. The van der Waals surface area contributed by atoms with Gasteiger partial charge in [0.25, 0.3) is 0 Å². The normalized spacial score (nSPS) is 17.1. The number of piperazine rings is 1. The molecule has 0 saturated carbocycles. The zero-order chi connectivity index (χ0) is 22.7. The average molecular weight is 456 g/mol. The molecular weight excluding hydrogens is 426 g/mol. The lowest BCUT2D eigenvalue weighted by atomic mass is 10.1. The highest BCUT2D eigenvalue weighted by molar-refractivity contribution is 7.14. The number of aryl methyl sites for hydroxylation is 1. The van der Waals surface area contributed by atoms with Crippen molar-refractivity contribution in [1.29, 1.82) is 0 Å². The Morgan fingerprint density at radius 3 is 2.62 bits per heavy atom. The summed E-state index contributed by atoms with van der Waals surface area (Å²) in [6.07, 6.45) is 1.67. The van der Waals surface area contributed by atoms with Crippen molar-refractivity contribution in [2.45, 2.75) is 33.1 Å². The van der Waals surface area contributed by atoms with Crippen molar-refractivity contribution in [2.75, 3.05) is 49.5 Å². The van der Waals surface area contributed by atoms with Crippen LogP contribution in [0.1, 0.15) is 29.7 Å². The molecule has 0 bridgehead atoms. The van der Waals surface area contributed by atoms with Crippen LogP contribution in [0.2, 0.25) is 0 Å². The summed E-state index contributed by atoms with van der Waals surface area (Å²) in [5.74, 6) is 0.106. The van der Waals surface area contributed by atoms with Gasteiger partial charge in [0.05, 0.1) is 18.7 Å². The Morgan fingerprint density at radius 1 is 1.12 bits per heavy atom. The third-order valence-corrected chi connectivity index (χ3v) is 7.06. The van der Waals surface area contributed by atoms with Gasteiger partial charge in [-0.15, -0.1) is 11.3 Å². The van der Waals surface area contributed by atoms with Gasteiger partial charge in [0, 0.05) is 50.2 Å². The number of anilines is 2. The number of carbonyl (C=O) groups is 3. The first kappa shape index (κ1) is 22.4. The molecule has 2 aliphatic heterocycles. The number of hydrogen-bond acceptors (Lipinski definition) is 6. The number of hydrogen-bond donors (Lipinski definition) is 1. The second-order valence-corrected chi connectivity index (χ2v) is 9.24. The maximum absolute atomic E-state index is 12.7. The van der Waals surface area contributed by atoms with Gasteiger partial charge >= 0.3 is 0 Å². The Balaban J connectivity index is 1.23. The van der Waals surface area contributed by atoms with E-state index in [1.54, 1.807) is 4.90 Å². The van der Waals surface area contributed by atoms with E-state index in [-0.39, 0.29) is 24.1 Å². The summed E-state index contributed by atoms with van der Waals surface area (Å²) < 4.78 is 0. The van der Waals surface area contributed by atoms with E-state index >= 15 is 0 Å². The molecule has 1 aromatic heterocycles. The molecule has 0 spiro atoms. The molecule has 3 amide bonds. The third-order valence-electron chi connectivity index (χ3n) is 6.15. The van der Waals surface area contributed by atoms with E-state index in [0.29, 0.717) is 56.5 Å². The lowest BCUT2D eigenvalue weighted by Gasteiger charge is -2.34. The van der Waals surface area contributed by atoms with E-state index in [1.807, 2.05) is 42.3 Å². The number of rotatable bonds is 6. The van der Waals surface area contributed by atoms with Crippen molar-refractivity contribution in [1.82, 2.24) is 14.8 Å². The molecule has 2 aromatic rings. The zero-order valence-electron chi connectivity index (χ0n) is 18.6. The monoisotopic (exact) mass is 455 g/mol. The van der Waals surface area contributed by atoms with Crippen molar-refractivity contribution in [3.63, 3.8) is 0 Å². The average Bonchev–Trinajstić information content (AvgIpc) is 3.40. The minimum atomic E-state index is -0.0371. The van der Waals surface area contributed by atoms with Crippen molar-refractivity contribution in [3.8, 4) is 0 Å². The molecule has 2 aliphatic rings. The van der Waals surface area contributed by atoms with Crippen LogP contribution < -0.4 is 10.2 Å². The van der Waals surface area contributed by atoms with Crippen LogP contribution in [-0.2, 0) is 20.8 Å². The summed E-state index contributed by atoms with van der Waals surface area (Å²) in [4.78, 5) is 47.2. The summed E-state index contributed by atoms with van der Waals surface area (Å²) in [5, 5.41) is 5.55. The summed E-state index contributed by atoms with van der Waals surface area (Å²) in [6.45, 7) is 7.57. The molecule has 2 fully saturated rings. The van der Waals surface area contributed by atoms with Gasteiger partial charge in [-0.1, -0.05) is 12.1 Å². The topological polar surface area (TPSA) is 85.9 Å². The Morgan fingerprint density at radius 2 is 1.91 bits per heavy atom.